The second-order valence-corrected chi connectivity index (χ2v) is 4.61. The van der Waals surface area contributed by atoms with Gasteiger partial charge in [0.1, 0.15) is 5.82 Å². The molecular weight excluding hydrogens is 228 g/mol. The number of aromatic nitrogens is 2. The molecule has 1 amide bonds. The SMILES string of the molecule is CN1Cc2ccc(-c3cc(N)n(C)n3)cc2C1=O. The molecule has 18 heavy (non-hydrogen) atoms. The first-order valence-electron chi connectivity index (χ1n) is 5.74. The Labute approximate surface area is 105 Å². The molecular formula is C13H14N4O. The van der Waals surface area contributed by atoms with E-state index in [1.54, 1.807) is 23.7 Å². The number of hydrogen-bond donors (Lipinski definition) is 1. The average Bonchev–Trinajstić information content (AvgIpc) is 2.82. The number of hydrogen-bond acceptors (Lipinski definition) is 3. The van der Waals surface area contributed by atoms with E-state index in [4.69, 9.17) is 5.73 Å². The summed E-state index contributed by atoms with van der Waals surface area (Å²) in [5.74, 6) is 0.671. The molecule has 2 aromatic rings. The molecule has 0 radical (unpaired) electrons. The lowest BCUT2D eigenvalue weighted by molar-refractivity contribution is 0.0816. The number of fused-ring (bicyclic) bond motifs is 1. The molecule has 0 bridgehead atoms. The monoisotopic (exact) mass is 242 g/mol. The number of benzene rings is 1. The van der Waals surface area contributed by atoms with E-state index in [1.807, 2.05) is 24.3 Å². The van der Waals surface area contributed by atoms with Gasteiger partial charge in [-0.25, -0.2) is 0 Å². The number of carbonyl (C=O) groups is 1. The predicted octanol–water partition coefficient (Wildman–Crippen LogP) is 1.25. The van der Waals surface area contributed by atoms with E-state index in [1.165, 1.54) is 0 Å². The largest absolute Gasteiger partial charge is 0.384 e. The highest BCUT2D eigenvalue weighted by molar-refractivity contribution is 5.99. The van der Waals surface area contributed by atoms with E-state index in [0.29, 0.717) is 12.4 Å². The molecule has 0 spiro atoms. The summed E-state index contributed by atoms with van der Waals surface area (Å²) < 4.78 is 1.62. The summed E-state index contributed by atoms with van der Waals surface area (Å²) in [6.45, 7) is 0.679. The molecule has 0 unspecified atom stereocenters. The summed E-state index contributed by atoms with van der Waals surface area (Å²) in [4.78, 5) is 13.6. The molecule has 0 saturated carbocycles. The fourth-order valence-corrected chi connectivity index (χ4v) is 2.23. The van der Waals surface area contributed by atoms with Crippen LogP contribution >= 0.6 is 0 Å². The maximum atomic E-state index is 11.9. The molecule has 2 heterocycles. The first kappa shape index (κ1) is 10.8. The number of nitrogens with two attached hydrogens (primary N) is 1. The van der Waals surface area contributed by atoms with Gasteiger partial charge in [0.15, 0.2) is 0 Å². The van der Waals surface area contributed by atoms with Gasteiger partial charge in [-0.05, 0) is 11.6 Å². The van der Waals surface area contributed by atoms with Crippen molar-refractivity contribution in [3.63, 3.8) is 0 Å². The van der Waals surface area contributed by atoms with Crippen molar-refractivity contribution in [2.45, 2.75) is 6.54 Å². The number of nitrogen functional groups attached to an aromatic ring is 1. The molecule has 1 aromatic heterocycles. The van der Waals surface area contributed by atoms with Gasteiger partial charge < -0.3 is 10.6 Å². The lowest BCUT2D eigenvalue weighted by Crippen LogP contribution is -2.17. The van der Waals surface area contributed by atoms with Gasteiger partial charge in [-0.15, -0.1) is 0 Å². The Bertz CT molecular complexity index is 625. The summed E-state index contributed by atoms with van der Waals surface area (Å²) in [6.07, 6.45) is 0. The van der Waals surface area contributed by atoms with Crippen molar-refractivity contribution >= 4 is 11.7 Å². The zero-order valence-electron chi connectivity index (χ0n) is 10.3. The van der Waals surface area contributed by atoms with E-state index >= 15 is 0 Å². The summed E-state index contributed by atoms with van der Waals surface area (Å²) in [7, 11) is 3.60. The normalized spacial score (nSPS) is 14.1. The van der Waals surface area contributed by atoms with Crippen LogP contribution in [0.2, 0.25) is 0 Å². The number of rotatable bonds is 1. The van der Waals surface area contributed by atoms with Crippen molar-refractivity contribution in [2.75, 3.05) is 12.8 Å². The predicted molar refractivity (Wildman–Crippen MR) is 68.9 cm³/mol. The van der Waals surface area contributed by atoms with Crippen molar-refractivity contribution < 1.29 is 4.79 Å². The maximum absolute atomic E-state index is 11.9. The van der Waals surface area contributed by atoms with Crippen LogP contribution < -0.4 is 5.73 Å². The van der Waals surface area contributed by atoms with Crippen molar-refractivity contribution in [3.05, 3.63) is 35.4 Å². The Morgan fingerprint density at radius 1 is 1.28 bits per heavy atom. The van der Waals surface area contributed by atoms with E-state index in [-0.39, 0.29) is 5.91 Å². The number of anilines is 1. The maximum Gasteiger partial charge on any atom is 0.254 e. The van der Waals surface area contributed by atoms with Gasteiger partial charge in [-0.3, -0.25) is 9.48 Å². The Kier molecular flexibility index (Phi) is 2.16. The second-order valence-electron chi connectivity index (χ2n) is 4.61. The first-order chi connectivity index (χ1) is 8.56. The van der Waals surface area contributed by atoms with Gasteiger partial charge in [0.05, 0.1) is 5.69 Å². The highest BCUT2D eigenvalue weighted by Gasteiger charge is 2.24. The fraction of sp³-hybridized carbons (Fsp3) is 0.231. The Morgan fingerprint density at radius 3 is 2.72 bits per heavy atom. The van der Waals surface area contributed by atoms with Crippen LogP contribution in [-0.4, -0.2) is 27.6 Å². The van der Waals surface area contributed by atoms with Crippen LogP contribution in [-0.2, 0) is 13.6 Å². The van der Waals surface area contributed by atoms with Crippen LogP contribution in [0.15, 0.2) is 24.3 Å². The topological polar surface area (TPSA) is 64.2 Å². The molecule has 5 nitrogen and oxygen atoms in total. The minimum absolute atomic E-state index is 0.0655. The van der Waals surface area contributed by atoms with Crippen LogP contribution in [0.1, 0.15) is 15.9 Å². The molecule has 1 aliphatic rings. The third-order valence-corrected chi connectivity index (χ3v) is 3.31. The minimum Gasteiger partial charge on any atom is -0.384 e. The molecule has 3 rings (SSSR count). The van der Waals surface area contributed by atoms with Crippen LogP contribution in [0, 0.1) is 0 Å². The van der Waals surface area contributed by atoms with Crippen LogP contribution in [0.5, 0.6) is 0 Å². The van der Waals surface area contributed by atoms with E-state index < -0.39 is 0 Å². The molecule has 1 aromatic carbocycles. The van der Waals surface area contributed by atoms with Gasteiger partial charge in [0.25, 0.3) is 5.91 Å². The van der Waals surface area contributed by atoms with Gasteiger partial charge in [-0.2, -0.15) is 5.10 Å². The quantitative estimate of drug-likeness (QED) is 0.818. The number of carbonyl (C=O) groups excluding carboxylic acids is 1. The van der Waals surface area contributed by atoms with E-state index in [0.717, 1.165) is 22.4 Å². The molecule has 0 fully saturated rings. The van der Waals surface area contributed by atoms with Crippen molar-refractivity contribution in [1.29, 1.82) is 0 Å². The van der Waals surface area contributed by atoms with Gasteiger partial charge in [0.2, 0.25) is 0 Å². The van der Waals surface area contributed by atoms with Gasteiger partial charge in [0, 0.05) is 37.8 Å². The number of nitrogens with zero attached hydrogens (tertiary/aromatic N) is 3. The molecule has 92 valence electrons. The highest BCUT2D eigenvalue weighted by atomic mass is 16.2. The molecule has 1 aliphatic heterocycles. The molecule has 5 heteroatoms. The Balaban J connectivity index is 2.08. The van der Waals surface area contributed by atoms with Crippen molar-refractivity contribution in [1.82, 2.24) is 14.7 Å². The Morgan fingerprint density at radius 2 is 2.06 bits per heavy atom. The summed E-state index contributed by atoms with van der Waals surface area (Å²) in [5, 5.41) is 4.32. The first-order valence-corrected chi connectivity index (χ1v) is 5.74. The van der Waals surface area contributed by atoms with Gasteiger partial charge >= 0.3 is 0 Å². The minimum atomic E-state index is 0.0655. The lowest BCUT2D eigenvalue weighted by atomic mass is 10.0. The highest BCUT2D eigenvalue weighted by Crippen LogP contribution is 2.27. The number of amides is 1. The molecule has 0 atom stereocenters. The Hall–Kier alpha value is -2.30. The lowest BCUT2D eigenvalue weighted by Gasteiger charge is -2.04. The third kappa shape index (κ3) is 1.48. The zero-order valence-corrected chi connectivity index (χ0v) is 10.3. The van der Waals surface area contributed by atoms with E-state index in [2.05, 4.69) is 5.10 Å². The summed E-state index contributed by atoms with van der Waals surface area (Å²) in [6, 6.07) is 7.66. The third-order valence-electron chi connectivity index (χ3n) is 3.31. The van der Waals surface area contributed by atoms with Crippen LogP contribution in [0.3, 0.4) is 0 Å². The van der Waals surface area contributed by atoms with Crippen LogP contribution in [0.4, 0.5) is 5.82 Å². The van der Waals surface area contributed by atoms with Crippen molar-refractivity contribution in [2.24, 2.45) is 7.05 Å². The standard InChI is InChI=1S/C13H14N4O/c1-16-7-9-4-3-8(5-10(9)13(16)18)11-6-12(14)17(2)15-11/h3-6H,7,14H2,1-2H3. The zero-order chi connectivity index (χ0) is 12.9. The average molecular weight is 242 g/mol. The van der Waals surface area contributed by atoms with Crippen LogP contribution in [0.25, 0.3) is 11.3 Å². The second kappa shape index (κ2) is 3.60. The van der Waals surface area contributed by atoms with Crippen molar-refractivity contribution in [3.8, 4) is 11.3 Å². The molecule has 0 saturated heterocycles. The molecule has 2 N–H and O–H groups in total. The summed E-state index contributed by atoms with van der Waals surface area (Å²) in [5.41, 5.74) is 9.31. The molecule has 0 aliphatic carbocycles. The smallest absolute Gasteiger partial charge is 0.254 e. The fourth-order valence-electron chi connectivity index (χ4n) is 2.23. The number of aryl methyl sites for hydroxylation is 1. The summed E-state index contributed by atoms with van der Waals surface area (Å²) >= 11 is 0. The van der Waals surface area contributed by atoms with E-state index in [9.17, 15) is 4.79 Å². The van der Waals surface area contributed by atoms with Gasteiger partial charge in [-0.1, -0.05) is 12.1 Å².